The summed E-state index contributed by atoms with van der Waals surface area (Å²) in [7, 11) is 0. The average molecular weight is 575 g/mol. The molecule has 0 amide bonds. The number of nitrogens with zero attached hydrogens (tertiary/aromatic N) is 2. The molecule has 0 aliphatic rings. The minimum absolute atomic E-state index is 0.0616. The summed E-state index contributed by atoms with van der Waals surface area (Å²) in [4.78, 5) is 0. The summed E-state index contributed by atoms with van der Waals surface area (Å²) in [5.74, 6) is -0.535. The molecule has 0 saturated carbocycles. The summed E-state index contributed by atoms with van der Waals surface area (Å²) in [6.45, 7) is -3.04. The van der Waals surface area contributed by atoms with E-state index in [0.29, 0.717) is 24.1 Å². The molecule has 0 radical (unpaired) electrons. The fourth-order valence-electron chi connectivity index (χ4n) is 4.65. The molecular weight excluding hydrogens is 554 g/mol. The predicted octanol–water partition coefficient (Wildman–Crippen LogP) is 8.95. The van der Waals surface area contributed by atoms with E-state index in [0.717, 1.165) is 23.3 Å². The van der Waals surface area contributed by atoms with Crippen LogP contribution in [0.2, 0.25) is 5.02 Å². The van der Waals surface area contributed by atoms with E-state index >= 15 is 0 Å². The quantitative estimate of drug-likeness (QED) is 0.173. The van der Waals surface area contributed by atoms with E-state index in [4.69, 9.17) is 11.6 Å². The molecule has 3 nitrogen and oxygen atoms in total. The number of aryl methyl sites for hydroxylation is 2. The van der Waals surface area contributed by atoms with Crippen LogP contribution in [0, 0.1) is 5.82 Å². The van der Waals surface area contributed by atoms with Crippen molar-refractivity contribution in [3.63, 3.8) is 0 Å². The van der Waals surface area contributed by atoms with Gasteiger partial charge in [-0.15, -0.1) is 0 Å². The van der Waals surface area contributed by atoms with E-state index in [1.54, 1.807) is 30.3 Å². The highest BCUT2D eigenvalue weighted by atomic mass is 35.5. The van der Waals surface area contributed by atoms with Gasteiger partial charge in [0, 0.05) is 21.5 Å². The second kappa shape index (κ2) is 11.3. The number of halogens is 7. The number of alkyl halides is 5. The van der Waals surface area contributed by atoms with E-state index < -0.39 is 24.2 Å². The Balaban J connectivity index is 1.53. The lowest BCUT2D eigenvalue weighted by atomic mass is 9.99. The number of ether oxygens (including phenoxy) is 1. The van der Waals surface area contributed by atoms with E-state index in [9.17, 15) is 26.3 Å². The van der Waals surface area contributed by atoms with Gasteiger partial charge in [-0.2, -0.15) is 27.1 Å². The third-order valence-electron chi connectivity index (χ3n) is 6.44. The second-order valence-electron chi connectivity index (χ2n) is 9.17. The maximum Gasteiger partial charge on any atom is 0.418 e. The highest BCUT2D eigenvalue weighted by Crippen LogP contribution is 2.38. The molecule has 0 atom stereocenters. The summed E-state index contributed by atoms with van der Waals surface area (Å²) in [6.07, 6.45) is -3.60. The Bertz CT molecular complexity index is 1660. The molecule has 5 aromatic rings. The standard InChI is InChI=1S/C30H21ClF6N2O/c31-22-13-12-21(26(32)16-22)17-39-28(24-8-3-9-25(27(24)38-39)30(35,36)37)20-6-1-4-18(14-20)10-11-19-5-2-7-23(15-19)40-29(33)34/h1-9,12-16,29H,10-11,17H2. The predicted molar refractivity (Wildman–Crippen MR) is 141 cm³/mol. The van der Waals surface area contributed by atoms with Crippen molar-refractivity contribution in [2.24, 2.45) is 0 Å². The minimum Gasteiger partial charge on any atom is -0.435 e. The average Bonchev–Trinajstić information content (AvgIpc) is 3.26. The molecule has 0 saturated heterocycles. The topological polar surface area (TPSA) is 27.1 Å². The highest BCUT2D eigenvalue weighted by molar-refractivity contribution is 6.30. The van der Waals surface area contributed by atoms with Crippen LogP contribution < -0.4 is 4.74 Å². The summed E-state index contributed by atoms with van der Waals surface area (Å²) >= 11 is 5.88. The van der Waals surface area contributed by atoms with Crippen LogP contribution in [0.25, 0.3) is 22.2 Å². The lowest BCUT2D eigenvalue weighted by Gasteiger charge is -2.11. The van der Waals surface area contributed by atoms with Crippen molar-refractivity contribution in [3.05, 3.63) is 118 Å². The fraction of sp³-hybridized carbons (Fsp3) is 0.167. The molecule has 0 unspecified atom stereocenters. The SMILES string of the molecule is Fc1cc(Cl)ccc1Cn1nc2c(C(F)(F)F)cccc2c1-c1cccc(CCc2cccc(OC(F)F)c2)c1. The minimum atomic E-state index is -4.63. The Morgan fingerprint density at radius 3 is 2.25 bits per heavy atom. The van der Waals surface area contributed by atoms with Crippen LogP contribution in [-0.2, 0) is 25.6 Å². The van der Waals surface area contributed by atoms with Crippen molar-refractivity contribution < 1.29 is 31.1 Å². The van der Waals surface area contributed by atoms with Crippen LogP contribution in [0.4, 0.5) is 26.3 Å². The van der Waals surface area contributed by atoms with Gasteiger partial charge in [-0.3, -0.25) is 4.68 Å². The van der Waals surface area contributed by atoms with Crippen molar-refractivity contribution in [2.45, 2.75) is 32.2 Å². The Kier molecular flexibility index (Phi) is 7.76. The number of benzene rings is 4. The van der Waals surface area contributed by atoms with Crippen LogP contribution >= 0.6 is 11.6 Å². The van der Waals surface area contributed by atoms with Crippen molar-refractivity contribution in [3.8, 4) is 17.0 Å². The molecule has 0 bridgehead atoms. The zero-order valence-electron chi connectivity index (χ0n) is 20.7. The van der Waals surface area contributed by atoms with Crippen LogP contribution in [0.15, 0.2) is 84.9 Å². The molecule has 5 rings (SSSR count). The van der Waals surface area contributed by atoms with Crippen LogP contribution in [0.3, 0.4) is 0 Å². The number of hydrogen-bond donors (Lipinski definition) is 0. The first-order valence-electron chi connectivity index (χ1n) is 12.2. The van der Waals surface area contributed by atoms with Gasteiger partial charge in [-0.05, 0) is 60.4 Å². The number of aromatic nitrogens is 2. The molecule has 1 aromatic heterocycles. The second-order valence-corrected chi connectivity index (χ2v) is 9.60. The van der Waals surface area contributed by atoms with Crippen molar-refractivity contribution in [1.82, 2.24) is 9.78 Å². The molecule has 0 spiro atoms. The van der Waals surface area contributed by atoms with Gasteiger partial charge in [0.25, 0.3) is 0 Å². The molecule has 0 fully saturated rings. The summed E-state index contributed by atoms with van der Waals surface area (Å²) in [5, 5.41) is 4.77. The van der Waals surface area contributed by atoms with Crippen molar-refractivity contribution in [2.75, 3.05) is 0 Å². The van der Waals surface area contributed by atoms with Gasteiger partial charge in [0.2, 0.25) is 0 Å². The fourth-order valence-corrected chi connectivity index (χ4v) is 4.81. The first kappa shape index (κ1) is 27.6. The van der Waals surface area contributed by atoms with E-state index in [1.807, 2.05) is 12.1 Å². The van der Waals surface area contributed by atoms with Gasteiger partial charge < -0.3 is 4.74 Å². The van der Waals surface area contributed by atoms with Crippen LogP contribution in [-0.4, -0.2) is 16.4 Å². The lowest BCUT2D eigenvalue weighted by Crippen LogP contribution is -2.07. The first-order valence-corrected chi connectivity index (χ1v) is 12.6. The van der Waals surface area contributed by atoms with Crippen LogP contribution in [0.5, 0.6) is 5.75 Å². The molecule has 206 valence electrons. The van der Waals surface area contributed by atoms with Gasteiger partial charge in [-0.1, -0.05) is 60.1 Å². The lowest BCUT2D eigenvalue weighted by molar-refractivity contribution is -0.136. The van der Waals surface area contributed by atoms with E-state index in [2.05, 4.69) is 9.84 Å². The van der Waals surface area contributed by atoms with E-state index in [-0.39, 0.29) is 33.8 Å². The summed E-state index contributed by atoms with van der Waals surface area (Å²) in [5.41, 5.74) is 1.75. The Labute approximate surface area is 230 Å². The zero-order chi connectivity index (χ0) is 28.4. The third-order valence-corrected chi connectivity index (χ3v) is 6.67. The maximum atomic E-state index is 14.7. The van der Waals surface area contributed by atoms with Crippen molar-refractivity contribution in [1.29, 1.82) is 0 Å². The van der Waals surface area contributed by atoms with Crippen LogP contribution in [0.1, 0.15) is 22.3 Å². The zero-order valence-corrected chi connectivity index (χ0v) is 21.5. The van der Waals surface area contributed by atoms with Gasteiger partial charge in [0.15, 0.2) is 0 Å². The molecule has 40 heavy (non-hydrogen) atoms. The third kappa shape index (κ3) is 6.09. The molecule has 0 aliphatic carbocycles. The van der Waals surface area contributed by atoms with Gasteiger partial charge >= 0.3 is 12.8 Å². The molecule has 0 N–H and O–H groups in total. The molecule has 10 heteroatoms. The largest absolute Gasteiger partial charge is 0.435 e. The Morgan fingerprint density at radius 2 is 1.55 bits per heavy atom. The summed E-state index contributed by atoms with van der Waals surface area (Å²) < 4.78 is 87.2. The monoisotopic (exact) mass is 574 g/mol. The number of fused-ring (bicyclic) bond motifs is 1. The Morgan fingerprint density at radius 1 is 0.850 bits per heavy atom. The van der Waals surface area contributed by atoms with Gasteiger partial charge in [0.05, 0.1) is 17.8 Å². The summed E-state index contributed by atoms with van der Waals surface area (Å²) in [6, 6.07) is 21.6. The first-order chi connectivity index (χ1) is 19.1. The smallest absolute Gasteiger partial charge is 0.418 e. The normalized spacial score (nSPS) is 11.9. The molecular formula is C30H21ClF6N2O. The van der Waals surface area contributed by atoms with Gasteiger partial charge in [0.1, 0.15) is 17.1 Å². The van der Waals surface area contributed by atoms with Crippen molar-refractivity contribution >= 4 is 22.5 Å². The maximum absolute atomic E-state index is 14.7. The molecule has 1 heterocycles. The molecule has 4 aromatic carbocycles. The van der Waals surface area contributed by atoms with Gasteiger partial charge in [-0.25, -0.2) is 4.39 Å². The number of rotatable bonds is 8. The molecule has 0 aliphatic heterocycles. The Hall–Kier alpha value is -3.98. The highest BCUT2D eigenvalue weighted by Gasteiger charge is 2.34. The van der Waals surface area contributed by atoms with E-state index in [1.165, 1.54) is 35.0 Å². The number of hydrogen-bond acceptors (Lipinski definition) is 2.